The van der Waals surface area contributed by atoms with Gasteiger partial charge in [0.25, 0.3) is 0 Å². The van der Waals surface area contributed by atoms with E-state index >= 15 is 0 Å². The third kappa shape index (κ3) is 3.79. The third-order valence-corrected chi connectivity index (χ3v) is 4.27. The van der Waals surface area contributed by atoms with Crippen LogP contribution in [0.5, 0.6) is 0 Å². The molecule has 2 amide bonds. The standard InChI is InChI=1S/C16H20ClN5O2/c1-11-8-13(20-24-11)9-21(2)16(23)19-12-5-7-22(10-12)15-14(17)4-3-6-18-15/h3-4,6,8,12H,5,7,9-10H2,1-2H3,(H,19,23)/t12-/m0/s1. The van der Waals surface area contributed by atoms with Crippen molar-refractivity contribution < 1.29 is 9.32 Å². The smallest absolute Gasteiger partial charge is 0.317 e. The van der Waals surface area contributed by atoms with Gasteiger partial charge in [-0.2, -0.15) is 0 Å². The van der Waals surface area contributed by atoms with Crippen LogP contribution in [0.2, 0.25) is 5.02 Å². The molecule has 2 aromatic heterocycles. The summed E-state index contributed by atoms with van der Waals surface area (Å²) in [6.45, 7) is 3.74. The summed E-state index contributed by atoms with van der Waals surface area (Å²) in [5, 5.41) is 7.57. The minimum Gasteiger partial charge on any atom is -0.361 e. The summed E-state index contributed by atoms with van der Waals surface area (Å²) in [5.41, 5.74) is 0.735. The normalized spacial score (nSPS) is 17.1. The molecule has 1 aliphatic heterocycles. The molecule has 7 nitrogen and oxygen atoms in total. The summed E-state index contributed by atoms with van der Waals surface area (Å²) in [6.07, 6.45) is 2.58. The van der Waals surface area contributed by atoms with Crippen molar-refractivity contribution >= 4 is 23.4 Å². The molecule has 1 fully saturated rings. The van der Waals surface area contributed by atoms with Gasteiger partial charge in [0.2, 0.25) is 0 Å². The van der Waals surface area contributed by atoms with Gasteiger partial charge < -0.3 is 19.6 Å². The number of urea groups is 1. The summed E-state index contributed by atoms with van der Waals surface area (Å²) in [6, 6.07) is 5.39. The number of aryl methyl sites for hydroxylation is 1. The Morgan fingerprint density at radius 2 is 2.42 bits per heavy atom. The molecule has 0 bridgehead atoms. The first-order valence-electron chi connectivity index (χ1n) is 7.82. The Balaban J connectivity index is 1.53. The molecule has 0 saturated carbocycles. The summed E-state index contributed by atoms with van der Waals surface area (Å²) < 4.78 is 5.02. The highest BCUT2D eigenvalue weighted by atomic mass is 35.5. The van der Waals surface area contributed by atoms with Gasteiger partial charge in [-0.1, -0.05) is 16.8 Å². The number of carbonyl (C=O) groups excluding carboxylic acids is 1. The van der Waals surface area contributed by atoms with E-state index in [1.807, 2.05) is 25.1 Å². The lowest BCUT2D eigenvalue weighted by atomic mass is 10.3. The average Bonchev–Trinajstić information content (AvgIpc) is 3.17. The summed E-state index contributed by atoms with van der Waals surface area (Å²) >= 11 is 6.18. The number of nitrogens with one attached hydrogen (secondary N) is 1. The second kappa shape index (κ2) is 7.09. The zero-order valence-corrected chi connectivity index (χ0v) is 14.5. The quantitative estimate of drug-likeness (QED) is 0.917. The highest BCUT2D eigenvalue weighted by Crippen LogP contribution is 2.25. The first-order valence-corrected chi connectivity index (χ1v) is 8.20. The van der Waals surface area contributed by atoms with Crippen molar-refractivity contribution in [3.63, 3.8) is 0 Å². The first-order chi connectivity index (χ1) is 11.5. The maximum atomic E-state index is 12.3. The molecule has 1 N–H and O–H groups in total. The predicted molar refractivity (Wildman–Crippen MR) is 91.1 cm³/mol. The molecule has 3 heterocycles. The van der Waals surface area contributed by atoms with Crippen molar-refractivity contribution in [2.24, 2.45) is 0 Å². The van der Waals surface area contributed by atoms with Crippen molar-refractivity contribution in [1.82, 2.24) is 20.4 Å². The van der Waals surface area contributed by atoms with Crippen molar-refractivity contribution in [3.05, 3.63) is 40.9 Å². The van der Waals surface area contributed by atoms with Gasteiger partial charge >= 0.3 is 6.03 Å². The van der Waals surface area contributed by atoms with Crippen molar-refractivity contribution in [2.45, 2.75) is 25.9 Å². The summed E-state index contributed by atoms with van der Waals surface area (Å²) in [4.78, 5) is 20.3. The van der Waals surface area contributed by atoms with Crippen LogP contribution in [-0.4, -0.2) is 47.3 Å². The maximum Gasteiger partial charge on any atom is 0.317 e. The lowest BCUT2D eigenvalue weighted by Gasteiger charge is -2.21. The van der Waals surface area contributed by atoms with E-state index in [0.717, 1.165) is 30.2 Å². The van der Waals surface area contributed by atoms with E-state index < -0.39 is 0 Å². The Morgan fingerprint density at radius 3 is 3.12 bits per heavy atom. The van der Waals surface area contributed by atoms with Crippen LogP contribution in [0.25, 0.3) is 0 Å². The number of carbonyl (C=O) groups is 1. The molecule has 24 heavy (non-hydrogen) atoms. The second-order valence-corrected chi connectivity index (χ2v) is 6.38. The van der Waals surface area contributed by atoms with E-state index in [1.165, 1.54) is 0 Å². The van der Waals surface area contributed by atoms with E-state index in [-0.39, 0.29) is 12.1 Å². The SMILES string of the molecule is Cc1cc(CN(C)C(=O)N[C@H]2CCN(c3ncccc3Cl)C2)no1. The van der Waals surface area contributed by atoms with Crippen LogP contribution in [0, 0.1) is 6.92 Å². The molecule has 128 valence electrons. The van der Waals surface area contributed by atoms with Gasteiger partial charge in [0.15, 0.2) is 0 Å². The van der Waals surface area contributed by atoms with E-state index in [9.17, 15) is 4.79 Å². The number of anilines is 1. The Hall–Kier alpha value is -2.28. The topological polar surface area (TPSA) is 74.5 Å². The van der Waals surface area contributed by atoms with E-state index in [0.29, 0.717) is 18.1 Å². The van der Waals surface area contributed by atoms with Gasteiger partial charge in [0.05, 0.1) is 11.6 Å². The van der Waals surface area contributed by atoms with Crippen LogP contribution in [-0.2, 0) is 6.54 Å². The lowest BCUT2D eigenvalue weighted by molar-refractivity contribution is 0.202. The Bertz CT molecular complexity index is 720. The fourth-order valence-electron chi connectivity index (χ4n) is 2.77. The molecule has 3 rings (SSSR count). The molecule has 0 radical (unpaired) electrons. The molecular weight excluding hydrogens is 330 g/mol. The average molecular weight is 350 g/mol. The van der Waals surface area contributed by atoms with Crippen molar-refractivity contribution in [1.29, 1.82) is 0 Å². The Labute approximate surface area is 145 Å². The number of pyridine rings is 1. The second-order valence-electron chi connectivity index (χ2n) is 5.97. The zero-order chi connectivity index (χ0) is 17.1. The minimum absolute atomic E-state index is 0.0667. The van der Waals surface area contributed by atoms with Crippen LogP contribution in [0.1, 0.15) is 17.9 Å². The molecule has 2 aromatic rings. The first kappa shape index (κ1) is 16.6. The molecule has 1 saturated heterocycles. The molecule has 1 aliphatic rings. The van der Waals surface area contributed by atoms with Gasteiger partial charge in [-0.25, -0.2) is 9.78 Å². The lowest BCUT2D eigenvalue weighted by Crippen LogP contribution is -2.44. The highest BCUT2D eigenvalue weighted by Gasteiger charge is 2.27. The van der Waals surface area contributed by atoms with Crippen molar-refractivity contribution in [2.75, 3.05) is 25.0 Å². The number of rotatable bonds is 4. The molecular formula is C16H20ClN5O2. The minimum atomic E-state index is -0.130. The van der Waals surface area contributed by atoms with Crippen LogP contribution in [0.4, 0.5) is 10.6 Å². The Kier molecular flexibility index (Phi) is 4.89. The maximum absolute atomic E-state index is 12.3. The number of amides is 2. The molecule has 8 heteroatoms. The van der Waals surface area contributed by atoms with Gasteiger partial charge in [-0.3, -0.25) is 0 Å². The number of aromatic nitrogens is 2. The van der Waals surface area contributed by atoms with Gasteiger partial charge in [-0.05, 0) is 25.5 Å². The van der Waals surface area contributed by atoms with Crippen LogP contribution >= 0.6 is 11.6 Å². The largest absolute Gasteiger partial charge is 0.361 e. The monoisotopic (exact) mass is 349 g/mol. The van der Waals surface area contributed by atoms with Gasteiger partial charge in [0, 0.05) is 38.4 Å². The summed E-state index contributed by atoms with van der Waals surface area (Å²) in [5.74, 6) is 1.50. The predicted octanol–water partition coefficient (Wildman–Crippen LogP) is 2.45. The fourth-order valence-corrected chi connectivity index (χ4v) is 3.01. The number of hydrogen-bond donors (Lipinski definition) is 1. The highest BCUT2D eigenvalue weighted by molar-refractivity contribution is 6.32. The van der Waals surface area contributed by atoms with Crippen LogP contribution < -0.4 is 10.2 Å². The Morgan fingerprint density at radius 1 is 1.58 bits per heavy atom. The van der Waals surface area contributed by atoms with Crippen molar-refractivity contribution in [3.8, 4) is 0 Å². The van der Waals surface area contributed by atoms with E-state index in [4.69, 9.17) is 16.1 Å². The number of halogens is 1. The number of hydrogen-bond acceptors (Lipinski definition) is 5. The van der Waals surface area contributed by atoms with Crippen LogP contribution in [0.15, 0.2) is 28.9 Å². The van der Waals surface area contributed by atoms with Gasteiger partial charge in [0.1, 0.15) is 17.3 Å². The molecule has 0 aromatic carbocycles. The molecule has 0 unspecified atom stereocenters. The van der Waals surface area contributed by atoms with Gasteiger partial charge in [-0.15, -0.1) is 0 Å². The molecule has 0 aliphatic carbocycles. The third-order valence-electron chi connectivity index (χ3n) is 3.98. The van der Waals surface area contributed by atoms with Crippen LogP contribution in [0.3, 0.4) is 0 Å². The number of nitrogens with zero attached hydrogens (tertiary/aromatic N) is 4. The van der Waals surface area contributed by atoms with E-state index in [2.05, 4.69) is 20.4 Å². The molecule has 1 atom stereocenters. The molecule has 0 spiro atoms. The van der Waals surface area contributed by atoms with E-state index in [1.54, 1.807) is 18.1 Å². The fraction of sp³-hybridized carbons (Fsp3) is 0.438. The zero-order valence-electron chi connectivity index (χ0n) is 13.7. The summed E-state index contributed by atoms with van der Waals surface area (Å²) in [7, 11) is 1.74.